The van der Waals surface area contributed by atoms with Crippen LogP contribution in [-0.2, 0) is 0 Å². The Morgan fingerprint density at radius 2 is 2.06 bits per heavy atom. The van der Waals surface area contributed by atoms with Gasteiger partial charge in [0, 0.05) is 13.6 Å². The topological polar surface area (TPSA) is 27.0 Å². The standard InChI is InChI=1S/C14H18ClFN2/c1-9(2)11(7-17)8-18(4)14-6-13(16)10(3)5-12(14)15/h5-6,9,11H,8H2,1-4H3. The zero-order chi connectivity index (χ0) is 13.9. The summed E-state index contributed by atoms with van der Waals surface area (Å²) in [5, 5.41) is 9.59. The lowest BCUT2D eigenvalue weighted by molar-refractivity contribution is 0.477. The summed E-state index contributed by atoms with van der Waals surface area (Å²) in [5.74, 6) is -0.124. The average molecular weight is 269 g/mol. The first kappa shape index (κ1) is 14.8. The maximum atomic E-state index is 13.5. The summed E-state index contributed by atoms with van der Waals surface area (Å²) in [5.41, 5.74) is 1.15. The molecule has 0 aliphatic rings. The molecule has 0 aliphatic carbocycles. The molecule has 18 heavy (non-hydrogen) atoms. The van der Waals surface area contributed by atoms with Gasteiger partial charge in [0.25, 0.3) is 0 Å². The van der Waals surface area contributed by atoms with E-state index < -0.39 is 0 Å². The Labute approximate surface area is 113 Å². The van der Waals surface area contributed by atoms with Crippen LogP contribution >= 0.6 is 11.6 Å². The Kier molecular flexibility index (Phi) is 4.98. The molecule has 0 N–H and O–H groups in total. The number of aryl methyl sites for hydroxylation is 1. The SMILES string of the molecule is Cc1cc(Cl)c(N(C)CC(C#N)C(C)C)cc1F. The van der Waals surface area contributed by atoms with Crippen LogP contribution in [0.2, 0.25) is 5.02 Å². The van der Waals surface area contributed by atoms with E-state index in [0.29, 0.717) is 22.8 Å². The number of hydrogen-bond donors (Lipinski definition) is 0. The highest BCUT2D eigenvalue weighted by atomic mass is 35.5. The second-order valence-electron chi connectivity index (χ2n) is 4.91. The van der Waals surface area contributed by atoms with Crippen molar-refractivity contribution in [2.45, 2.75) is 20.8 Å². The molecule has 0 bridgehead atoms. The zero-order valence-corrected chi connectivity index (χ0v) is 11.9. The number of nitrogens with zero attached hydrogens (tertiary/aromatic N) is 2. The number of nitriles is 1. The monoisotopic (exact) mass is 268 g/mol. The van der Waals surface area contributed by atoms with Gasteiger partial charge in [0.05, 0.1) is 22.7 Å². The van der Waals surface area contributed by atoms with Crippen LogP contribution in [0.5, 0.6) is 0 Å². The molecule has 1 atom stereocenters. The van der Waals surface area contributed by atoms with E-state index in [0.717, 1.165) is 0 Å². The lowest BCUT2D eigenvalue weighted by Crippen LogP contribution is -2.27. The minimum absolute atomic E-state index is 0.101. The van der Waals surface area contributed by atoms with Crippen molar-refractivity contribution in [2.75, 3.05) is 18.5 Å². The first-order valence-electron chi connectivity index (χ1n) is 5.93. The number of rotatable bonds is 4. The van der Waals surface area contributed by atoms with E-state index >= 15 is 0 Å². The van der Waals surface area contributed by atoms with Gasteiger partial charge in [0.2, 0.25) is 0 Å². The molecule has 2 nitrogen and oxygen atoms in total. The summed E-state index contributed by atoms with van der Waals surface area (Å²) >= 11 is 6.11. The van der Waals surface area contributed by atoms with E-state index in [9.17, 15) is 4.39 Å². The highest BCUT2D eigenvalue weighted by Crippen LogP contribution is 2.29. The lowest BCUT2D eigenvalue weighted by atomic mass is 9.97. The Hall–Kier alpha value is -1.27. The number of anilines is 1. The molecule has 0 fully saturated rings. The van der Waals surface area contributed by atoms with Crippen LogP contribution in [0.3, 0.4) is 0 Å². The van der Waals surface area contributed by atoms with Gasteiger partial charge in [-0.3, -0.25) is 0 Å². The van der Waals surface area contributed by atoms with E-state index in [4.69, 9.17) is 16.9 Å². The molecule has 1 aromatic rings. The van der Waals surface area contributed by atoms with E-state index in [2.05, 4.69) is 6.07 Å². The lowest BCUT2D eigenvalue weighted by Gasteiger charge is -2.25. The van der Waals surface area contributed by atoms with Crippen LogP contribution in [0.1, 0.15) is 19.4 Å². The summed E-state index contributed by atoms with van der Waals surface area (Å²) in [4.78, 5) is 1.83. The average Bonchev–Trinajstić information content (AvgIpc) is 2.29. The van der Waals surface area contributed by atoms with Gasteiger partial charge in [-0.15, -0.1) is 0 Å². The van der Waals surface area contributed by atoms with E-state index in [1.165, 1.54) is 6.07 Å². The zero-order valence-electron chi connectivity index (χ0n) is 11.2. The van der Waals surface area contributed by atoms with Crippen molar-refractivity contribution in [2.24, 2.45) is 11.8 Å². The van der Waals surface area contributed by atoms with Crippen molar-refractivity contribution >= 4 is 17.3 Å². The van der Waals surface area contributed by atoms with Gasteiger partial charge in [-0.25, -0.2) is 4.39 Å². The molecule has 0 spiro atoms. The van der Waals surface area contributed by atoms with Crippen LogP contribution in [0, 0.1) is 35.9 Å². The predicted octanol–water partition coefficient (Wildman–Crippen LogP) is 4.02. The normalized spacial score (nSPS) is 12.3. The van der Waals surface area contributed by atoms with Crippen molar-refractivity contribution in [1.29, 1.82) is 5.26 Å². The predicted molar refractivity (Wildman–Crippen MR) is 73.4 cm³/mol. The van der Waals surface area contributed by atoms with Crippen LogP contribution in [-0.4, -0.2) is 13.6 Å². The molecule has 1 rings (SSSR count). The van der Waals surface area contributed by atoms with Gasteiger partial charge in [-0.05, 0) is 30.5 Å². The third-order valence-electron chi connectivity index (χ3n) is 3.08. The maximum absolute atomic E-state index is 13.5. The molecule has 98 valence electrons. The van der Waals surface area contributed by atoms with Crippen LogP contribution in [0.25, 0.3) is 0 Å². The number of benzene rings is 1. The molecule has 1 unspecified atom stereocenters. The number of halogens is 2. The van der Waals surface area contributed by atoms with Crippen molar-refractivity contribution < 1.29 is 4.39 Å². The van der Waals surface area contributed by atoms with Gasteiger partial charge < -0.3 is 4.90 Å². The summed E-state index contributed by atoms with van der Waals surface area (Å²) in [7, 11) is 1.82. The largest absolute Gasteiger partial charge is 0.372 e. The summed E-state index contributed by atoms with van der Waals surface area (Å²) in [6.45, 7) is 6.21. The molecular weight excluding hydrogens is 251 g/mol. The fourth-order valence-electron chi connectivity index (χ4n) is 1.72. The first-order valence-corrected chi connectivity index (χ1v) is 6.31. The third-order valence-corrected chi connectivity index (χ3v) is 3.38. The fraction of sp³-hybridized carbons (Fsp3) is 0.500. The molecule has 0 amide bonds. The van der Waals surface area contributed by atoms with Crippen molar-refractivity contribution in [3.63, 3.8) is 0 Å². The van der Waals surface area contributed by atoms with Crippen LogP contribution in [0.15, 0.2) is 12.1 Å². The molecule has 0 saturated heterocycles. The Bertz CT molecular complexity index is 466. The minimum Gasteiger partial charge on any atom is -0.372 e. The molecule has 0 aromatic heterocycles. The first-order chi connectivity index (χ1) is 8.36. The van der Waals surface area contributed by atoms with Crippen LogP contribution in [0.4, 0.5) is 10.1 Å². The van der Waals surface area contributed by atoms with Gasteiger partial charge in [-0.1, -0.05) is 25.4 Å². The van der Waals surface area contributed by atoms with Crippen molar-refractivity contribution in [3.05, 3.63) is 28.5 Å². The molecule has 1 aromatic carbocycles. The van der Waals surface area contributed by atoms with Gasteiger partial charge in [0.1, 0.15) is 5.82 Å². The van der Waals surface area contributed by atoms with Crippen molar-refractivity contribution in [3.8, 4) is 6.07 Å². The molecule has 0 heterocycles. The molecule has 0 radical (unpaired) electrons. The Morgan fingerprint density at radius 1 is 1.44 bits per heavy atom. The molecule has 0 saturated carbocycles. The van der Waals surface area contributed by atoms with Crippen molar-refractivity contribution in [1.82, 2.24) is 0 Å². The minimum atomic E-state index is -0.278. The highest BCUT2D eigenvalue weighted by molar-refractivity contribution is 6.33. The third kappa shape index (κ3) is 3.36. The fourth-order valence-corrected chi connectivity index (χ4v) is 2.08. The van der Waals surface area contributed by atoms with E-state index in [1.54, 1.807) is 13.0 Å². The van der Waals surface area contributed by atoms with Gasteiger partial charge >= 0.3 is 0 Å². The second-order valence-corrected chi connectivity index (χ2v) is 5.32. The number of hydrogen-bond acceptors (Lipinski definition) is 2. The maximum Gasteiger partial charge on any atom is 0.128 e. The summed E-state index contributed by atoms with van der Waals surface area (Å²) < 4.78 is 13.5. The smallest absolute Gasteiger partial charge is 0.128 e. The quantitative estimate of drug-likeness (QED) is 0.825. The molecule has 0 aliphatic heterocycles. The van der Waals surface area contributed by atoms with E-state index in [1.807, 2.05) is 25.8 Å². The highest BCUT2D eigenvalue weighted by Gasteiger charge is 2.17. The Morgan fingerprint density at radius 3 is 2.56 bits per heavy atom. The van der Waals surface area contributed by atoms with E-state index in [-0.39, 0.29) is 17.7 Å². The molecule has 4 heteroatoms. The summed E-state index contributed by atoms with van der Waals surface area (Å²) in [6.07, 6.45) is 0. The summed E-state index contributed by atoms with van der Waals surface area (Å²) in [6, 6.07) is 5.30. The van der Waals surface area contributed by atoms with Gasteiger partial charge in [-0.2, -0.15) is 5.26 Å². The van der Waals surface area contributed by atoms with Gasteiger partial charge in [0.15, 0.2) is 0 Å². The Balaban J connectivity index is 2.94. The second kappa shape index (κ2) is 6.06. The van der Waals surface area contributed by atoms with Crippen LogP contribution < -0.4 is 4.90 Å². The molecular formula is C14H18ClFN2.